The molecule has 17 heavy (non-hydrogen) atoms. The lowest BCUT2D eigenvalue weighted by Gasteiger charge is -2.20. The van der Waals surface area contributed by atoms with Gasteiger partial charge in [0.25, 0.3) is 5.95 Å². The summed E-state index contributed by atoms with van der Waals surface area (Å²) in [5, 5.41) is 15.7. The molecule has 7 nitrogen and oxygen atoms in total. The van der Waals surface area contributed by atoms with Crippen LogP contribution in [0.4, 0.5) is 5.95 Å². The predicted molar refractivity (Wildman–Crippen MR) is 61.1 cm³/mol. The molecular weight excluding hydrogens is 220 g/mol. The molecule has 2 aromatic heterocycles. The van der Waals surface area contributed by atoms with Crippen LogP contribution in [0.3, 0.4) is 0 Å². The van der Waals surface area contributed by atoms with E-state index in [9.17, 15) is 4.79 Å². The third-order valence-corrected chi connectivity index (χ3v) is 2.43. The molecule has 1 atom stereocenters. The number of nitrogens with zero attached hydrogens (tertiary/aromatic N) is 4. The van der Waals surface area contributed by atoms with Crippen molar-refractivity contribution < 1.29 is 4.79 Å². The van der Waals surface area contributed by atoms with E-state index in [0.29, 0.717) is 0 Å². The first-order valence-electron chi connectivity index (χ1n) is 5.35. The Hall–Kier alpha value is -2.18. The van der Waals surface area contributed by atoms with E-state index in [1.54, 1.807) is 0 Å². The normalized spacial score (nSPS) is 12.6. The second kappa shape index (κ2) is 4.77. The van der Waals surface area contributed by atoms with Crippen molar-refractivity contribution in [3.05, 3.63) is 24.5 Å². The zero-order chi connectivity index (χ0) is 12.3. The van der Waals surface area contributed by atoms with E-state index in [0.717, 1.165) is 0 Å². The van der Waals surface area contributed by atoms with Crippen LogP contribution in [-0.4, -0.2) is 31.1 Å². The molecule has 1 amide bonds. The van der Waals surface area contributed by atoms with Gasteiger partial charge in [-0.05, 0) is 23.3 Å². The van der Waals surface area contributed by atoms with Crippen molar-refractivity contribution in [1.29, 1.82) is 0 Å². The molecule has 0 unspecified atom stereocenters. The molecule has 7 heteroatoms. The van der Waals surface area contributed by atoms with Crippen molar-refractivity contribution in [2.45, 2.75) is 19.9 Å². The van der Waals surface area contributed by atoms with Gasteiger partial charge in [0, 0.05) is 12.4 Å². The molecule has 0 bridgehead atoms. The zero-order valence-electron chi connectivity index (χ0n) is 9.66. The largest absolute Gasteiger partial charge is 0.342 e. The molecule has 0 saturated carbocycles. The first-order chi connectivity index (χ1) is 8.18. The maximum atomic E-state index is 12.1. The van der Waals surface area contributed by atoms with Crippen LogP contribution >= 0.6 is 0 Å². The van der Waals surface area contributed by atoms with Crippen molar-refractivity contribution in [2.75, 3.05) is 5.32 Å². The van der Waals surface area contributed by atoms with E-state index in [2.05, 4.69) is 25.9 Å². The summed E-state index contributed by atoms with van der Waals surface area (Å²) in [5.41, 5.74) is 0. The van der Waals surface area contributed by atoms with Crippen LogP contribution in [0.2, 0.25) is 0 Å². The minimum atomic E-state index is -0.288. The Morgan fingerprint density at radius 1 is 1.41 bits per heavy atom. The highest BCUT2D eigenvalue weighted by Gasteiger charge is 2.24. The fourth-order valence-electron chi connectivity index (χ4n) is 1.71. The molecule has 2 aromatic rings. The van der Waals surface area contributed by atoms with E-state index >= 15 is 0 Å². The summed E-state index contributed by atoms with van der Waals surface area (Å²) in [6.07, 6.45) is 3.72. The fourth-order valence-corrected chi connectivity index (χ4v) is 1.71. The number of tetrazole rings is 1. The van der Waals surface area contributed by atoms with Crippen LogP contribution in [0.5, 0.6) is 0 Å². The monoisotopic (exact) mass is 234 g/mol. The number of hydrogen-bond acceptors (Lipinski definition) is 4. The molecule has 0 radical (unpaired) electrons. The SMILES string of the molecule is CC(C)[C@H](C(=O)Nc1nn[nH]n1)n1cccc1. The van der Waals surface area contributed by atoms with Crippen LogP contribution in [0.25, 0.3) is 0 Å². The molecule has 2 heterocycles. The van der Waals surface area contributed by atoms with Crippen LogP contribution in [0, 0.1) is 5.92 Å². The zero-order valence-corrected chi connectivity index (χ0v) is 9.66. The van der Waals surface area contributed by atoms with Gasteiger partial charge in [-0.3, -0.25) is 10.1 Å². The Balaban J connectivity index is 2.14. The smallest absolute Gasteiger partial charge is 0.269 e. The highest BCUT2D eigenvalue weighted by molar-refractivity contribution is 5.92. The average Bonchev–Trinajstić information content (AvgIpc) is 2.89. The Kier molecular flexibility index (Phi) is 3.17. The summed E-state index contributed by atoms with van der Waals surface area (Å²) in [6.45, 7) is 3.97. The van der Waals surface area contributed by atoms with Crippen molar-refractivity contribution in [3.8, 4) is 0 Å². The Bertz CT molecular complexity index is 461. The van der Waals surface area contributed by atoms with Crippen molar-refractivity contribution in [2.24, 2.45) is 5.92 Å². The van der Waals surface area contributed by atoms with Gasteiger partial charge >= 0.3 is 0 Å². The van der Waals surface area contributed by atoms with Gasteiger partial charge in [-0.15, -0.1) is 5.10 Å². The first kappa shape index (κ1) is 11.3. The van der Waals surface area contributed by atoms with Gasteiger partial charge in [-0.25, -0.2) is 0 Å². The summed E-state index contributed by atoms with van der Waals surface area (Å²) >= 11 is 0. The summed E-state index contributed by atoms with van der Waals surface area (Å²) in [6, 6.07) is 3.48. The highest BCUT2D eigenvalue weighted by Crippen LogP contribution is 2.19. The summed E-state index contributed by atoms with van der Waals surface area (Å²) in [5.74, 6) is 0.194. The minimum Gasteiger partial charge on any atom is -0.342 e. The van der Waals surface area contributed by atoms with Gasteiger partial charge in [0.2, 0.25) is 5.91 Å². The van der Waals surface area contributed by atoms with Crippen LogP contribution in [0.15, 0.2) is 24.5 Å². The number of carbonyl (C=O) groups excluding carboxylic acids is 1. The van der Waals surface area contributed by atoms with E-state index in [1.807, 2.05) is 42.9 Å². The number of rotatable bonds is 4. The number of nitrogens with one attached hydrogen (secondary N) is 2. The average molecular weight is 234 g/mol. The molecule has 0 aliphatic carbocycles. The van der Waals surface area contributed by atoms with Crippen molar-refractivity contribution in [3.63, 3.8) is 0 Å². The van der Waals surface area contributed by atoms with E-state index in [-0.39, 0.29) is 23.8 Å². The number of hydrogen-bond donors (Lipinski definition) is 2. The minimum absolute atomic E-state index is 0.155. The number of carbonyl (C=O) groups is 1. The van der Waals surface area contributed by atoms with Crippen LogP contribution in [-0.2, 0) is 4.79 Å². The van der Waals surface area contributed by atoms with Gasteiger partial charge in [-0.1, -0.05) is 18.9 Å². The molecule has 0 fully saturated rings. The summed E-state index contributed by atoms with van der Waals surface area (Å²) < 4.78 is 1.86. The molecule has 0 saturated heterocycles. The van der Waals surface area contributed by atoms with E-state index in [1.165, 1.54) is 0 Å². The molecule has 2 rings (SSSR count). The second-order valence-electron chi connectivity index (χ2n) is 4.04. The third kappa shape index (κ3) is 2.49. The topological polar surface area (TPSA) is 88.5 Å². The molecule has 0 aliphatic rings. The fraction of sp³-hybridized carbons (Fsp3) is 0.400. The van der Waals surface area contributed by atoms with Crippen LogP contribution in [0.1, 0.15) is 19.9 Å². The Morgan fingerprint density at radius 3 is 2.65 bits per heavy atom. The second-order valence-corrected chi connectivity index (χ2v) is 4.04. The maximum absolute atomic E-state index is 12.1. The maximum Gasteiger partial charge on any atom is 0.269 e. The summed E-state index contributed by atoms with van der Waals surface area (Å²) in [4.78, 5) is 12.1. The van der Waals surface area contributed by atoms with Crippen molar-refractivity contribution >= 4 is 11.9 Å². The molecule has 0 aromatic carbocycles. The molecular formula is C10H14N6O. The van der Waals surface area contributed by atoms with Gasteiger partial charge in [0.05, 0.1) is 0 Å². The standard InChI is InChI=1S/C10H14N6O/c1-7(2)8(16-5-3-4-6-16)9(17)11-10-12-14-15-13-10/h3-8H,1-2H3,(H2,11,12,13,14,15,17)/t8-/m1/s1. The van der Waals surface area contributed by atoms with E-state index in [4.69, 9.17) is 0 Å². The molecule has 0 aliphatic heterocycles. The lowest BCUT2D eigenvalue weighted by atomic mass is 10.0. The van der Waals surface area contributed by atoms with Gasteiger partial charge < -0.3 is 4.57 Å². The number of aromatic nitrogens is 5. The number of amides is 1. The molecule has 90 valence electrons. The third-order valence-electron chi connectivity index (χ3n) is 2.43. The predicted octanol–water partition coefficient (Wildman–Crippen LogP) is 0.837. The number of aromatic amines is 1. The molecule has 2 N–H and O–H groups in total. The van der Waals surface area contributed by atoms with Gasteiger partial charge in [0.15, 0.2) is 0 Å². The van der Waals surface area contributed by atoms with E-state index < -0.39 is 0 Å². The quantitative estimate of drug-likeness (QED) is 0.820. The number of H-pyrrole nitrogens is 1. The lowest BCUT2D eigenvalue weighted by molar-refractivity contribution is -0.120. The van der Waals surface area contributed by atoms with Crippen molar-refractivity contribution in [1.82, 2.24) is 25.2 Å². The van der Waals surface area contributed by atoms with Gasteiger partial charge in [-0.2, -0.15) is 5.21 Å². The lowest BCUT2D eigenvalue weighted by Crippen LogP contribution is -2.29. The van der Waals surface area contributed by atoms with Gasteiger partial charge in [0.1, 0.15) is 6.04 Å². The summed E-state index contributed by atoms with van der Waals surface area (Å²) in [7, 11) is 0. The Labute approximate surface area is 98.2 Å². The number of anilines is 1. The molecule has 0 spiro atoms. The first-order valence-corrected chi connectivity index (χ1v) is 5.35. The highest BCUT2D eigenvalue weighted by atomic mass is 16.2. The van der Waals surface area contributed by atoms with Crippen LogP contribution < -0.4 is 5.32 Å². The Morgan fingerprint density at radius 2 is 2.12 bits per heavy atom.